The highest BCUT2D eigenvalue weighted by Gasteiger charge is 2.63. The van der Waals surface area contributed by atoms with Crippen LogP contribution in [-0.4, -0.2) is 94.3 Å². The summed E-state index contributed by atoms with van der Waals surface area (Å²) in [5, 5.41) is 14.4. The molecule has 3 aliphatic rings. The second-order valence-electron chi connectivity index (χ2n) is 13.8. The zero-order valence-corrected chi connectivity index (χ0v) is 28.8. The number of methoxy groups -OCH3 is 1. The monoisotopic (exact) mass is 706 g/mol. The van der Waals surface area contributed by atoms with Crippen LogP contribution in [0.1, 0.15) is 53.4 Å². The molecule has 1 aromatic carbocycles. The van der Waals surface area contributed by atoms with Crippen molar-refractivity contribution >= 4 is 56.5 Å². The third-order valence-electron chi connectivity index (χ3n) is 9.19. The number of carbonyl (C=O) groups is 4. The number of likely N-dealkylation sites (tertiary alicyclic amines) is 1. The highest BCUT2D eigenvalue weighted by molar-refractivity contribution is 7.91. The Balaban J connectivity index is 1.44. The minimum absolute atomic E-state index is 0.0598. The van der Waals surface area contributed by atoms with Gasteiger partial charge in [0.2, 0.25) is 21.8 Å². The molecule has 5 atom stereocenters. The van der Waals surface area contributed by atoms with Crippen LogP contribution in [0, 0.1) is 11.3 Å². The summed E-state index contributed by atoms with van der Waals surface area (Å²) in [6.07, 6.45) is -0.0356. The number of amides is 4. The van der Waals surface area contributed by atoms with Crippen molar-refractivity contribution in [3.63, 3.8) is 0 Å². The maximum absolute atomic E-state index is 14.0. The molecule has 2 heterocycles. The van der Waals surface area contributed by atoms with E-state index < -0.39 is 73.6 Å². The third kappa shape index (κ3) is 6.72. The molecular formula is C31H39ClN6O9S. The highest BCUT2D eigenvalue weighted by Crippen LogP contribution is 2.47. The molecule has 2 aromatic rings. The average Bonchev–Trinajstić information content (AvgIpc) is 3.89. The average molecular weight is 707 g/mol. The van der Waals surface area contributed by atoms with Gasteiger partial charge in [0.1, 0.15) is 29.5 Å². The number of hydrogen-bond donors (Lipinski definition) is 4. The number of rotatable bonds is 11. The molecule has 0 radical (unpaired) electrons. The van der Waals surface area contributed by atoms with Crippen molar-refractivity contribution in [3.8, 4) is 11.6 Å². The van der Waals surface area contributed by atoms with E-state index in [2.05, 4.69) is 31.9 Å². The highest BCUT2D eigenvalue weighted by atomic mass is 35.5. The number of nitrogens with zero attached hydrogens (tertiary/aromatic N) is 3. The molecule has 4 N–H and O–H groups in total. The Morgan fingerprint density at radius 2 is 1.88 bits per heavy atom. The number of aromatic nitrogens is 2. The topological polar surface area (TPSA) is 206 Å². The van der Waals surface area contributed by atoms with Crippen LogP contribution < -0.4 is 24.8 Å². The van der Waals surface area contributed by atoms with E-state index in [0.29, 0.717) is 29.6 Å². The number of carboxylic acid groups (broad SMARTS) is 1. The van der Waals surface area contributed by atoms with Crippen molar-refractivity contribution in [1.82, 2.24) is 30.2 Å². The number of hydrogen-bond acceptors (Lipinski definition) is 10. The molecular weight excluding hydrogens is 668 g/mol. The van der Waals surface area contributed by atoms with Gasteiger partial charge in [-0.15, -0.1) is 6.58 Å². The summed E-state index contributed by atoms with van der Waals surface area (Å²) in [5.74, 6) is -2.46. The van der Waals surface area contributed by atoms with Gasteiger partial charge in [0.15, 0.2) is 5.15 Å². The fourth-order valence-electron chi connectivity index (χ4n) is 5.79. The zero-order chi connectivity index (χ0) is 35.4. The van der Waals surface area contributed by atoms with Gasteiger partial charge in [0, 0.05) is 18.4 Å². The number of fused-ring (bicyclic) bond motifs is 1. The molecule has 1 aliphatic heterocycles. The maximum Gasteiger partial charge on any atom is 0.405 e. The molecule has 0 spiro atoms. The van der Waals surface area contributed by atoms with Crippen molar-refractivity contribution in [2.24, 2.45) is 11.3 Å². The van der Waals surface area contributed by atoms with Crippen molar-refractivity contribution in [3.05, 3.63) is 36.0 Å². The maximum atomic E-state index is 14.0. The van der Waals surface area contributed by atoms with Crippen LogP contribution in [0.4, 0.5) is 4.79 Å². The first kappa shape index (κ1) is 35.1. The lowest BCUT2D eigenvalue weighted by molar-refractivity contribution is -0.142. The minimum Gasteiger partial charge on any atom is -0.497 e. The fourth-order valence-corrected chi connectivity index (χ4v) is 7.28. The standard InChI is InChI=1S/C31H39ClN6O9S/c1-7-16-14-31(16,27(41)37-48(44,45)30(5)10-11-30)36-24(39)21-13-18(15-38(21)26(40)22(29(2,3)4)35-28(42)43)47-25-23(32)33-19-9-8-17(46-6)12-20(19)34-25/h7-9,12,16,18,21-22,35H,1,10-11,13-15H2,2-6H3,(H,36,39)(H,37,41)(H,42,43)/t16-,18-,21+,22?,31-/m1/s1. The Labute approximate surface area is 282 Å². The molecule has 48 heavy (non-hydrogen) atoms. The van der Waals surface area contributed by atoms with Crippen LogP contribution in [0.25, 0.3) is 11.0 Å². The van der Waals surface area contributed by atoms with Gasteiger partial charge in [-0.2, -0.15) is 0 Å². The molecule has 15 nitrogen and oxygen atoms in total. The van der Waals surface area contributed by atoms with E-state index in [0.717, 1.165) is 0 Å². The van der Waals surface area contributed by atoms with E-state index >= 15 is 0 Å². The van der Waals surface area contributed by atoms with E-state index in [1.807, 2.05) is 0 Å². The zero-order valence-electron chi connectivity index (χ0n) is 27.2. The Morgan fingerprint density at radius 3 is 2.44 bits per heavy atom. The molecule has 0 bridgehead atoms. The van der Waals surface area contributed by atoms with Crippen molar-refractivity contribution in [2.45, 2.75) is 81.9 Å². The van der Waals surface area contributed by atoms with Gasteiger partial charge in [-0.25, -0.2) is 23.2 Å². The van der Waals surface area contributed by atoms with E-state index in [-0.39, 0.29) is 30.4 Å². The lowest BCUT2D eigenvalue weighted by atomic mass is 9.85. The van der Waals surface area contributed by atoms with Crippen LogP contribution in [0.15, 0.2) is 30.9 Å². The number of ether oxygens (including phenoxy) is 2. The summed E-state index contributed by atoms with van der Waals surface area (Å²) in [5.41, 5.74) is -1.62. The molecule has 260 valence electrons. The SMILES string of the molecule is C=C[C@@H]1C[C@]1(NC(=O)[C@@H]1C[C@@H](Oc2nc3cc(OC)ccc3nc2Cl)CN1C(=O)C(NC(=O)O)C(C)(C)C)C(=O)NS(=O)(=O)C1(C)CC1. The van der Waals surface area contributed by atoms with E-state index in [1.54, 1.807) is 39.0 Å². The second kappa shape index (κ2) is 12.4. The molecule has 3 fully saturated rings. The Morgan fingerprint density at radius 1 is 1.19 bits per heavy atom. The van der Waals surface area contributed by atoms with Crippen LogP contribution in [0.5, 0.6) is 11.6 Å². The molecule has 1 saturated heterocycles. The molecule has 2 aliphatic carbocycles. The summed E-state index contributed by atoms with van der Waals surface area (Å²) in [4.78, 5) is 63.1. The quantitative estimate of drug-likeness (QED) is 0.250. The first-order valence-corrected chi connectivity index (χ1v) is 17.2. The normalized spacial score (nSPS) is 25.0. The van der Waals surface area contributed by atoms with Crippen LogP contribution in [0.2, 0.25) is 5.15 Å². The van der Waals surface area contributed by atoms with Crippen molar-refractivity contribution in [1.29, 1.82) is 0 Å². The smallest absolute Gasteiger partial charge is 0.405 e. The van der Waals surface area contributed by atoms with Gasteiger partial charge in [0.05, 0.1) is 29.4 Å². The van der Waals surface area contributed by atoms with Crippen LogP contribution in [0.3, 0.4) is 0 Å². The predicted molar refractivity (Wildman–Crippen MR) is 174 cm³/mol. The molecule has 1 aromatic heterocycles. The number of benzene rings is 1. The van der Waals surface area contributed by atoms with Crippen molar-refractivity contribution < 1.29 is 42.2 Å². The van der Waals surface area contributed by atoms with Gasteiger partial charge < -0.3 is 30.1 Å². The molecule has 5 rings (SSSR count). The van der Waals surface area contributed by atoms with Crippen LogP contribution in [-0.2, 0) is 24.4 Å². The lowest BCUT2D eigenvalue weighted by Crippen LogP contribution is -2.60. The van der Waals surface area contributed by atoms with Gasteiger partial charge in [-0.1, -0.05) is 38.4 Å². The predicted octanol–water partition coefficient (Wildman–Crippen LogP) is 2.38. The van der Waals surface area contributed by atoms with Gasteiger partial charge in [-0.3, -0.25) is 19.1 Å². The summed E-state index contributed by atoms with van der Waals surface area (Å²) in [6.45, 7) is 10.1. The largest absolute Gasteiger partial charge is 0.497 e. The Kier molecular flexibility index (Phi) is 9.05. The molecule has 17 heteroatoms. The van der Waals surface area contributed by atoms with E-state index in [1.165, 1.54) is 25.0 Å². The molecule has 1 unspecified atom stereocenters. The van der Waals surface area contributed by atoms with Gasteiger partial charge in [-0.05, 0) is 43.7 Å². The fraction of sp³-hybridized carbons (Fsp3) is 0.548. The first-order chi connectivity index (χ1) is 22.3. The van der Waals surface area contributed by atoms with E-state index in [9.17, 15) is 32.7 Å². The van der Waals surface area contributed by atoms with E-state index in [4.69, 9.17) is 21.1 Å². The lowest BCUT2D eigenvalue weighted by Gasteiger charge is -2.35. The second-order valence-corrected chi connectivity index (χ2v) is 16.4. The summed E-state index contributed by atoms with van der Waals surface area (Å²) >= 11 is 6.40. The third-order valence-corrected chi connectivity index (χ3v) is 11.6. The Bertz CT molecular complexity index is 1790. The summed E-state index contributed by atoms with van der Waals surface area (Å²) in [6, 6.07) is 2.50. The summed E-state index contributed by atoms with van der Waals surface area (Å²) < 4.78 is 38.2. The minimum atomic E-state index is -4.01. The molecule has 4 amide bonds. The number of sulfonamides is 1. The molecule has 2 saturated carbocycles. The van der Waals surface area contributed by atoms with Crippen molar-refractivity contribution in [2.75, 3.05) is 13.7 Å². The first-order valence-electron chi connectivity index (χ1n) is 15.3. The number of nitrogens with one attached hydrogen (secondary N) is 3. The number of carbonyl (C=O) groups excluding carboxylic acids is 3. The number of halogens is 1. The Hall–Kier alpha value is -4.18. The van der Waals surface area contributed by atoms with Gasteiger partial charge in [0.25, 0.3) is 11.8 Å². The van der Waals surface area contributed by atoms with Gasteiger partial charge >= 0.3 is 6.09 Å². The summed E-state index contributed by atoms with van der Waals surface area (Å²) in [7, 11) is -2.51. The van der Waals surface area contributed by atoms with Crippen LogP contribution >= 0.6 is 11.6 Å².